The van der Waals surface area contributed by atoms with Crippen molar-refractivity contribution < 1.29 is 4.39 Å². The number of H-pyrrole nitrogens is 1. The lowest BCUT2D eigenvalue weighted by atomic mass is 9.97. The summed E-state index contributed by atoms with van der Waals surface area (Å²) in [5.41, 5.74) is 2.55. The molecule has 26 heavy (non-hydrogen) atoms. The van der Waals surface area contributed by atoms with Crippen LogP contribution in [0.4, 0.5) is 4.39 Å². The molecule has 0 spiro atoms. The van der Waals surface area contributed by atoms with Gasteiger partial charge in [0.2, 0.25) is 0 Å². The molecule has 3 heterocycles. The van der Waals surface area contributed by atoms with Crippen LogP contribution in [0, 0.1) is 12.7 Å². The van der Waals surface area contributed by atoms with E-state index in [1.807, 2.05) is 30.3 Å². The molecule has 6 heteroatoms. The number of aromatic amines is 1. The van der Waals surface area contributed by atoms with E-state index >= 15 is 0 Å². The highest BCUT2D eigenvalue weighted by atomic mass is 35.5. The van der Waals surface area contributed by atoms with Crippen molar-refractivity contribution in [1.29, 1.82) is 0 Å². The lowest BCUT2D eigenvalue weighted by Crippen LogP contribution is -2.04. The molecule has 4 aromatic rings. The van der Waals surface area contributed by atoms with Crippen LogP contribution in [0.1, 0.15) is 5.69 Å². The third-order valence-corrected chi connectivity index (χ3v) is 4.37. The number of rotatable bonds is 2. The van der Waals surface area contributed by atoms with Gasteiger partial charge in [0.1, 0.15) is 10.8 Å². The molecule has 3 aromatic heterocycles. The minimum Gasteiger partial charge on any atom is -0.346 e. The van der Waals surface area contributed by atoms with Gasteiger partial charge in [-0.3, -0.25) is 4.79 Å². The monoisotopic (exact) mass is 365 g/mol. The van der Waals surface area contributed by atoms with E-state index in [1.54, 1.807) is 19.2 Å². The standard InChI is InChI=1S/C20H13ClFN3O/c1-11-18(22)13(10-17(21)24-11)14-9-15-16(26)7-8-23-20(15)25-19(14)12-5-3-2-4-6-12/h2-10H,1H3,(H,23,25,26). The van der Waals surface area contributed by atoms with Crippen molar-refractivity contribution in [2.45, 2.75) is 6.92 Å². The maximum absolute atomic E-state index is 14.8. The second kappa shape index (κ2) is 6.35. The Bertz CT molecular complexity index is 1190. The molecule has 1 aromatic carbocycles. The van der Waals surface area contributed by atoms with E-state index in [4.69, 9.17) is 11.6 Å². The number of aryl methyl sites for hydroxylation is 1. The molecule has 4 nitrogen and oxygen atoms in total. The predicted molar refractivity (Wildman–Crippen MR) is 101 cm³/mol. The van der Waals surface area contributed by atoms with Gasteiger partial charge in [0.25, 0.3) is 0 Å². The van der Waals surface area contributed by atoms with Crippen LogP contribution in [0.3, 0.4) is 0 Å². The molecule has 0 amide bonds. The average Bonchev–Trinajstić information content (AvgIpc) is 2.65. The summed E-state index contributed by atoms with van der Waals surface area (Å²) in [6, 6.07) is 13.9. The van der Waals surface area contributed by atoms with Gasteiger partial charge >= 0.3 is 0 Å². The Morgan fingerprint density at radius 3 is 2.58 bits per heavy atom. The van der Waals surface area contributed by atoms with Crippen molar-refractivity contribution >= 4 is 22.6 Å². The molecule has 0 aliphatic carbocycles. The fraction of sp³-hybridized carbons (Fsp3) is 0.0500. The van der Waals surface area contributed by atoms with Gasteiger partial charge in [0.05, 0.1) is 16.8 Å². The summed E-state index contributed by atoms with van der Waals surface area (Å²) in [4.78, 5) is 23.8. The molecule has 0 atom stereocenters. The Morgan fingerprint density at radius 2 is 1.81 bits per heavy atom. The normalized spacial score (nSPS) is 11.0. The van der Waals surface area contributed by atoms with E-state index in [9.17, 15) is 9.18 Å². The number of hydrogen-bond donors (Lipinski definition) is 1. The van der Waals surface area contributed by atoms with Crippen LogP contribution in [0.25, 0.3) is 33.4 Å². The second-order valence-electron chi connectivity index (χ2n) is 5.88. The Balaban J connectivity index is 2.13. The highest BCUT2D eigenvalue weighted by Gasteiger charge is 2.18. The van der Waals surface area contributed by atoms with Crippen molar-refractivity contribution in [3.63, 3.8) is 0 Å². The zero-order valence-corrected chi connectivity index (χ0v) is 14.5. The first kappa shape index (κ1) is 16.4. The quantitative estimate of drug-likeness (QED) is 0.521. The molecule has 1 N–H and O–H groups in total. The number of nitrogens with zero attached hydrogens (tertiary/aromatic N) is 2. The van der Waals surface area contributed by atoms with Gasteiger partial charge in [-0.2, -0.15) is 0 Å². The minimum atomic E-state index is -0.486. The van der Waals surface area contributed by atoms with Crippen LogP contribution < -0.4 is 5.43 Å². The van der Waals surface area contributed by atoms with Crippen molar-refractivity contribution in [3.05, 3.63) is 81.6 Å². The van der Waals surface area contributed by atoms with E-state index in [0.29, 0.717) is 22.3 Å². The van der Waals surface area contributed by atoms with Crippen molar-refractivity contribution in [1.82, 2.24) is 15.0 Å². The maximum Gasteiger partial charge on any atom is 0.191 e. The highest BCUT2D eigenvalue weighted by molar-refractivity contribution is 6.29. The minimum absolute atomic E-state index is 0.181. The number of aromatic nitrogens is 3. The van der Waals surface area contributed by atoms with Gasteiger partial charge in [-0.05, 0) is 19.1 Å². The third-order valence-electron chi connectivity index (χ3n) is 4.17. The molecular weight excluding hydrogens is 353 g/mol. The molecule has 0 unspecified atom stereocenters. The van der Waals surface area contributed by atoms with E-state index in [-0.39, 0.29) is 21.8 Å². The number of benzene rings is 1. The van der Waals surface area contributed by atoms with Gasteiger partial charge in [0, 0.05) is 29.0 Å². The van der Waals surface area contributed by atoms with Gasteiger partial charge in [0.15, 0.2) is 11.2 Å². The van der Waals surface area contributed by atoms with E-state index < -0.39 is 5.82 Å². The highest BCUT2D eigenvalue weighted by Crippen LogP contribution is 2.35. The smallest absolute Gasteiger partial charge is 0.191 e. The summed E-state index contributed by atoms with van der Waals surface area (Å²) in [7, 11) is 0. The summed E-state index contributed by atoms with van der Waals surface area (Å²) in [6.07, 6.45) is 1.54. The second-order valence-corrected chi connectivity index (χ2v) is 6.27. The molecule has 128 valence electrons. The van der Waals surface area contributed by atoms with E-state index in [2.05, 4.69) is 15.0 Å². The van der Waals surface area contributed by atoms with Crippen LogP contribution in [-0.2, 0) is 0 Å². The van der Waals surface area contributed by atoms with Crippen LogP contribution in [-0.4, -0.2) is 15.0 Å². The Labute approximate surface area is 153 Å². The average molecular weight is 366 g/mol. The number of hydrogen-bond acceptors (Lipinski definition) is 3. The van der Waals surface area contributed by atoms with Gasteiger partial charge in [-0.15, -0.1) is 0 Å². The fourth-order valence-corrected chi connectivity index (χ4v) is 3.17. The summed E-state index contributed by atoms with van der Waals surface area (Å²) in [5.74, 6) is -0.486. The Hall–Kier alpha value is -3.05. The lowest BCUT2D eigenvalue weighted by molar-refractivity contribution is 0.613. The van der Waals surface area contributed by atoms with E-state index in [0.717, 1.165) is 5.56 Å². The first-order valence-corrected chi connectivity index (χ1v) is 8.33. The topological polar surface area (TPSA) is 58.6 Å². The number of fused-ring (bicyclic) bond motifs is 1. The number of halogens is 2. The van der Waals surface area contributed by atoms with Crippen molar-refractivity contribution in [2.24, 2.45) is 0 Å². The summed E-state index contributed by atoms with van der Waals surface area (Å²) < 4.78 is 14.8. The van der Waals surface area contributed by atoms with Gasteiger partial charge < -0.3 is 4.98 Å². The van der Waals surface area contributed by atoms with Crippen LogP contribution in [0.2, 0.25) is 5.15 Å². The molecule has 4 rings (SSSR count). The van der Waals surface area contributed by atoms with Crippen LogP contribution in [0.15, 0.2) is 59.5 Å². The Morgan fingerprint density at radius 1 is 1.04 bits per heavy atom. The van der Waals surface area contributed by atoms with Crippen LogP contribution in [0.5, 0.6) is 0 Å². The molecule has 0 radical (unpaired) electrons. The number of pyridine rings is 3. The van der Waals surface area contributed by atoms with Gasteiger partial charge in [-0.1, -0.05) is 41.9 Å². The SMILES string of the molecule is Cc1nc(Cl)cc(-c2cc3c(=O)cc[nH]c3nc2-c2ccccc2)c1F. The van der Waals surface area contributed by atoms with Crippen molar-refractivity contribution in [3.8, 4) is 22.4 Å². The molecule has 0 saturated carbocycles. The summed E-state index contributed by atoms with van der Waals surface area (Å²) in [6.45, 7) is 1.55. The molecule has 0 aliphatic heterocycles. The molecule has 0 bridgehead atoms. The fourth-order valence-electron chi connectivity index (χ4n) is 2.93. The first-order chi connectivity index (χ1) is 12.5. The van der Waals surface area contributed by atoms with Crippen molar-refractivity contribution in [2.75, 3.05) is 0 Å². The predicted octanol–water partition coefficient (Wildman–Crippen LogP) is 4.75. The largest absolute Gasteiger partial charge is 0.346 e. The zero-order valence-electron chi connectivity index (χ0n) is 13.8. The molecule has 0 fully saturated rings. The molecule has 0 saturated heterocycles. The first-order valence-electron chi connectivity index (χ1n) is 7.95. The Kier molecular flexibility index (Phi) is 4.01. The summed E-state index contributed by atoms with van der Waals surface area (Å²) in [5, 5.41) is 0.562. The van der Waals surface area contributed by atoms with E-state index in [1.165, 1.54) is 12.1 Å². The lowest BCUT2D eigenvalue weighted by Gasteiger charge is -2.13. The zero-order chi connectivity index (χ0) is 18.3. The third kappa shape index (κ3) is 2.76. The van der Waals surface area contributed by atoms with Crippen LogP contribution >= 0.6 is 11.6 Å². The molecule has 0 aliphatic rings. The summed E-state index contributed by atoms with van der Waals surface area (Å²) >= 11 is 6.05. The number of nitrogens with one attached hydrogen (secondary N) is 1. The maximum atomic E-state index is 14.8. The molecular formula is C20H13ClFN3O. The van der Waals surface area contributed by atoms with Gasteiger partial charge in [-0.25, -0.2) is 14.4 Å².